The third-order valence-electron chi connectivity index (χ3n) is 19.2. The van der Waals surface area contributed by atoms with Crippen molar-refractivity contribution in [2.45, 2.75) is 0 Å². The molecule has 5 heterocycles. The van der Waals surface area contributed by atoms with Crippen molar-refractivity contribution >= 4 is 87.2 Å². The smallest absolute Gasteiger partial charge is 0.235 e. The van der Waals surface area contributed by atoms with Gasteiger partial charge in [-0.3, -0.25) is 4.57 Å². The summed E-state index contributed by atoms with van der Waals surface area (Å²) in [7, 11) is 0. The fourth-order valence-corrected chi connectivity index (χ4v) is 14.9. The minimum absolute atomic E-state index is 0.586. The van der Waals surface area contributed by atoms with Gasteiger partial charge in [0, 0.05) is 71.3 Å². The second-order valence-corrected chi connectivity index (χ2v) is 24.5. The third kappa shape index (κ3) is 8.58. The zero-order chi connectivity index (χ0) is 61.8. The van der Waals surface area contributed by atoms with Crippen LogP contribution >= 0.6 is 0 Å². The number of fused-ring (bicyclic) bond motifs is 12. The number of rotatable bonds is 10. The molecule has 0 saturated carbocycles. The topological polar surface area (TPSA) is 45.5 Å². The van der Waals surface area contributed by atoms with E-state index in [1.165, 1.54) is 65.5 Å². The highest BCUT2D eigenvalue weighted by Crippen LogP contribution is 2.43. The van der Waals surface area contributed by atoms with Crippen LogP contribution in [0.2, 0.25) is 0 Å². The van der Waals surface area contributed by atoms with Crippen LogP contribution < -0.4 is 0 Å². The van der Waals surface area contributed by atoms with Crippen LogP contribution in [-0.4, -0.2) is 28.2 Å². The Morgan fingerprint density at radius 2 is 0.500 bits per heavy atom. The molecule has 6 nitrogen and oxygen atoms in total. The summed E-state index contributed by atoms with van der Waals surface area (Å²) < 4.78 is 9.44. The van der Waals surface area contributed by atoms with Gasteiger partial charge in [0.25, 0.3) is 0 Å². The molecule has 0 atom stereocenters. The lowest BCUT2D eigenvalue weighted by Gasteiger charge is -2.16. The standard InChI is InChI=1S/C88H56N6/c1-5-22-57(23-6-1)59-40-45-68(58-24-7-2-8-25-58)73(51-59)79-56-78(89-88(90-79)94-83-39-20-16-35-72(83)77-55-63(44-49-87(77)94)61-42-47-85-75(53-61)70-33-14-18-37-81(70)92(85)66-29-11-4-12-30-66)64-26-21-31-67(50-64)93-82-38-19-15-34-71(82)76-54-62(43-48-86(76)93)60-41-46-84-74(52-60)69-32-13-17-36-80(69)91(84)65-27-9-3-10-28-65/h1-56H. The molecule has 6 heteroatoms. The third-order valence-corrected chi connectivity index (χ3v) is 19.2. The molecule has 0 aliphatic heterocycles. The van der Waals surface area contributed by atoms with Crippen molar-refractivity contribution in [1.82, 2.24) is 28.2 Å². The molecule has 0 N–H and O–H groups in total. The number of nitrogens with zero attached hydrogens (tertiary/aromatic N) is 6. The molecule has 19 aromatic rings. The molecule has 0 spiro atoms. The van der Waals surface area contributed by atoms with E-state index in [0.29, 0.717) is 5.95 Å². The minimum atomic E-state index is 0.586. The van der Waals surface area contributed by atoms with E-state index < -0.39 is 0 Å². The van der Waals surface area contributed by atoms with E-state index >= 15 is 0 Å². The molecule has 0 radical (unpaired) electrons. The number of benzene rings is 14. The van der Waals surface area contributed by atoms with Gasteiger partial charge in [-0.05, 0) is 166 Å². The number of hydrogen-bond acceptors (Lipinski definition) is 2. The number of para-hydroxylation sites is 6. The molecule has 438 valence electrons. The number of aromatic nitrogens is 6. The molecule has 14 aromatic carbocycles. The van der Waals surface area contributed by atoms with E-state index in [-0.39, 0.29) is 0 Å². The predicted molar refractivity (Wildman–Crippen MR) is 392 cm³/mol. The zero-order valence-corrected chi connectivity index (χ0v) is 51.0. The van der Waals surface area contributed by atoms with Crippen LogP contribution in [0.4, 0.5) is 0 Å². The Morgan fingerprint density at radius 3 is 0.968 bits per heavy atom. The molecule has 0 bridgehead atoms. The molecular formula is C88H56N6. The van der Waals surface area contributed by atoms with Crippen molar-refractivity contribution in [2.75, 3.05) is 0 Å². The van der Waals surface area contributed by atoms with Crippen LogP contribution in [0.25, 0.3) is 177 Å². The van der Waals surface area contributed by atoms with E-state index in [9.17, 15) is 0 Å². The van der Waals surface area contributed by atoms with Gasteiger partial charge in [-0.1, -0.05) is 218 Å². The maximum absolute atomic E-state index is 5.74. The highest BCUT2D eigenvalue weighted by atomic mass is 15.2. The van der Waals surface area contributed by atoms with Gasteiger partial charge in [0.1, 0.15) is 0 Å². The summed E-state index contributed by atoms with van der Waals surface area (Å²) >= 11 is 0. The lowest BCUT2D eigenvalue weighted by atomic mass is 9.93. The monoisotopic (exact) mass is 1200 g/mol. The van der Waals surface area contributed by atoms with E-state index in [0.717, 1.165) is 106 Å². The second-order valence-electron chi connectivity index (χ2n) is 24.5. The van der Waals surface area contributed by atoms with Crippen molar-refractivity contribution in [3.05, 3.63) is 340 Å². The van der Waals surface area contributed by atoms with Gasteiger partial charge in [0.05, 0.1) is 55.5 Å². The molecule has 0 amide bonds. The highest BCUT2D eigenvalue weighted by molar-refractivity contribution is 6.15. The van der Waals surface area contributed by atoms with Gasteiger partial charge >= 0.3 is 0 Å². The lowest BCUT2D eigenvalue weighted by molar-refractivity contribution is 0.995. The summed E-state index contributed by atoms with van der Waals surface area (Å²) in [6.45, 7) is 0. The van der Waals surface area contributed by atoms with Gasteiger partial charge in [0.2, 0.25) is 5.95 Å². The Morgan fingerprint density at radius 1 is 0.170 bits per heavy atom. The van der Waals surface area contributed by atoms with E-state index in [4.69, 9.17) is 9.97 Å². The average molecular weight is 1200 g/mol. The summed E-state index contributed by atoms with van der Waals surface area (Å²) in [5.41, 5.74) is 25.1. The Labute approximate surface area is 542 Å². The van der Waals surface area contributed by atoms with E-state index in [1.54, 1.807) is 0 Å². The lowest BCUT2D eigenvalue weighted by Crippen LogP contribution is -2.05. The van der Waals surface area contributed by atoms with Crippen LogP contribution in [-0.2, 0) is 0 Å². The molecule has 0 fully saturated rings. The second kappa shape index (κ2) is 21.5. The van der Waals surface area contributed by atoms with E-state index in [1.807, 2.05) is 0 Å². The summed E-state index contributed by atoms with van der Waals surface area (Å²) in [6.07, 6.45) is 0. The number of hydrogen-bond donors (Lipinski definition) is 0. The molecule has 0 saturated heterocycles. The van der Waals surface area contributed by atoms with Crippen LogP contribution in [0, 0.1) is 0 Å². The Balaban J connectivity index is 0.781. The van der Waals surface area contributed by atoms with Gasteiger partial charge < -0.3 is 13.7 Å². The average Bonchev–Trinajstić information content (AvgIpc) is 1.63. The van der Waals surface area contributed by atoms with Crippen molar-refractivity contribution < 1.29 is 0 Å². The normalized spacial score (nSPS) is 11.8. The molecule has 0 aliphatic rings. The maximum atomic E-state index is 5.74. The Kier molecular flexibility index (Phi) is 12.2. The fraction of sp³-hybridized carbons (Fsp3) is 0. The molecule has 94 heavy (non-hydrogen) atoms. The SMILES string of the molecule is c1ccc(-c2ccc(-c3ccccc3)c(-c3cc(-c4cccc(-n5c6ccccc6c6cc(-c7ccc8c(c7)c7ccccc7n8-c7ccccc7)ccc65)c4)nc(-n4c5ccccc5c5cc(-c6ccc7c(c6)c6ccccc6n7-c6ccccc6)ccc54)n3)c2)cc1. The van der Waals surface area contributed by atoms with Gasteiger partial charge in [-0.25, -0.2) is 9.97 Å². The maximum Gasteiger partial charge on any atom is 0.235 e. The summed E-state index contributed by atoms with van der Waals surface area (Å²) in [6, 6.07) is 123. The van der Waals surface area contributed by atoms with Crippen molar-refractivity contribution in [3.8, 4) is 90.0 Å². The fourth-order valence-electron chi connectivity index (χ4n) is 14.9. The predicted octanol–water partition coefficient (Wildman–Crippen LogP) is 22.9. The minimum Gasteiger partial charge on any atom is -0.309 e. The first-order chi connectivity index (χ1) is 46.6. The van der Waals surface area contributed by atoms with Crippen LogP contribution in [0.3, 0.4) is 0 Å². The summed E-state index contributed by atoms with van der Waals surface area (Å²) in [5, 5.41) is 9.54. The summed E-state index contributed by atoms with van der Waals surface area (Å²) in [5.74, 6) is 0.586. The van der Waals surface area contributed by atoms with Crippen LogP contribution in [0.5, 0.6) is 0 Å². The van der Waals surface area contributed by atoms with Crippen LogP contribution in [0.1, 0.15) is 0 Å². The van der Waals surface area contributed by atoms with Crippen molar-refractivity contribution in [2.24, 2.45) is 0 Å². The first-order valence-corrected chi connectivity index (χ1v) is 32.1. The van der Waals surface area contributed by atoms with Gasteiger partial charge in [0.15, 0.2) is 0 Å². The molecule has 19 rings (SSSR count). The van der Waals surface area contributed by atoms with E-state index in [2.05, 4.69) is 358 Å². The van der Waals surface area contributed by atoms with Crippen molar-refractivity contribution in [1.29, 1.82) is 0 Å². The molecule has 5 aromatic heterocycles. The van der Waals surface area contributed by atoms with Gasteiger partial charge in [-0.2, -0.15) is 0 Å². The largest absolute Gasteiger partial charge is 0.309 e. The quantitative estimate of drug-likeness (QED) is 0.137. The molecule has 0 aliphatic carbocycles. The van der Waals surface area contributed by atoms with Crippen molar-refractivity contribution in [3.63, 3.8) is 0 Å². The highest BCUT2D eigenvalue weighted by Gasteiger charge is 2.23. The molecular weight excluding hydrogens is 1140 g/mol. The summed E-state index contributed by atoms with van der Waals surface area (Å²) in [4.78, 5) is 11.5. The zero-order valence-electron chi connectivity index (χ0n) is 51.0. The molecule has 0 unspecified atom stereocenters. The van der Waals surface area contributed by atoms with Crippen LogP contribution in [0.15, 0.2) is 340 Å². The van der Waals surface area contributed by atoms with Gasteiger partial charge in [-0.15, -0.1) is 0 Å². The Bertz CT molecular complexity index is 6210. The Hall–Kier alpha value is -12.6. The first kappa shape index (κ1) is 53.2. The first-order valence-electron chi connectivity index (χ1n) is 32.1.